The van der Waals surface area contributed by atoms with Crippen LogP contribution in [-0.2, 0) is 11.2 Å². The number of amides is 1. The van der Waals surface area contributed by atoms with E-state index in [2.05, 4.69) is 0 Å². The fraction of sp³-hybridized carbons (Fsp3) is 0.409. The van der Waals surface area contributed by atoms with Crippen LogP contribution in [0.5, 0.6) is 17.2 Å². The second-order valence-corrected chi connectivity index (χ2v) is 6.61. The summed E-state index contributed by atoms with van der Waals surface area (Å²) < 4.78 is 15.7. The zero-order valence-electron chi connectivity index (χ0n) is 17.0. The zero-order valence-corrected chi connectivity index (χ0v) is 17.0. The molecule has 0 fully saturated rings. The molecule has 0 saturated carbocycles. The van der Waals surface area contributed by atoms with Crippen LogP contribution in [0.3, 0.4) is 0 Å². The molecule has 0 saturated heterocycles. The van der Waals surface area contributed by atoms with Crippen molar-refractivity contribution in [3.05, 3.63) is 53.6 Å². The molecule has 6 nitrogen and oxygen atoms in total. The molecule has 0 bridgehead atoms. The molecule has 0 aliphatic heterocycles. The van der Waals surface area contributed by atoms with E-state index in [1.165, 1.54) is 0 Å². The lowest BCUT2D eigenvalue weighted by molar-refractivity contribution is -0.131. The molecular formula is C22H29NO5. The van der Waals surface area contributed by atoms with Crippen LogP contribution in [0.15, 0.2) is 42.5 Å². The highest BCUT2D eigenvalue weighted by molar-refractivity contribution is 5.75. The van der Waals surface area contributed by atoms with Crippen LogP contribution in [0.1, 0.15) is 30.1 Å². The van der Waals surface area contributed by atoms with Crippen molar-refractivity contribution < 1.29 is 24.1 Å². The van der Waals surface area contributed by atoms with Gasteiger partial charge < -0.3 is 24.2 Å². The quantitative estimate of drug-likeness (QED) is 0.678. The van der Waals surface area contributed by atoms with Crippen molar-refractivity contribution in [2.45, 2.75) is 25.4 Å². The Bertz CT molecular complexity index is 777. The first-order valence-electron chi connectivity index (χ1n) is 9.25. The lowest BCUT2D eigenvalue weighted by atomic mass is 10.1. The van der Waals surface area contributed by atoms with Crippen molar-refractivity contribution in [3.63, 3.8) is 0 Å². The number of carbonyl (C=O) groups is 1. The van der Waals surface area contributed by atoms with Gasteiger partial charge >= 0.3 is 0 Å². The third-order valence-electron chi connectivity index (χ3n) is 4.66. The number of aliphatic hydroxyl groups is 1. The largest absolute Gasteiger partial charge is 0.497 e. The summed E-state index contributed by atoms with van der Waals surface area (Å²) in [5.74, 6) is 2.06. The SMILES string of the molecule is COc1cccc(C(O)CN(C)C(=O)CCCc2ccc(OC)c(OC)c2)c1. The van der Waals surface area contributed by atoms with Gasteiger partial charge in [-0.1, -0.05) is 18.2 Å². The van der Waals surface area contributed by atoms with Gasteiger partial charge in [0.15, 0.2) is 11.5 Å². The van der Waals surface area contributed by atoms with Gasteiger partial charge in [-0.2, -0.15) is 0 Å². The Kier molecular flexibility index (Phi) is 8.14. The highest BCUT2D eigenvalue weighted by Crippen LogP contribution is 2.28. The summed E-state index contributed by atoms with van der Waals surface area (Å²) in [6, 6.07) is 13.0. The molecular weight excluding hydrogens is 358 g/mol. The van der Waals surface area contributed by atoms with Crippen LogP contribution < -0.4 is 14.2 Å². The number of methoxy groups -OCH3 is 3. The molecule has 0 aliphatic rings. The molecule has 2 aromatic rings. The number of ether oxygens (including phenoxy) is 3. The Morgan fingerprint density at radius 2 is 1.79 bits per heavy atom. The molecule has 2 aromatic carbocycles. The summed E-state index contributed by atoms with van der Waals surface area (Å²) in [7, 11) is 6.50. The van der Waals surface area contributed by atoms with Gasteiger partial charge in [-0.15, -0.1) is 0 Å². The Morgan fingerprint density at radius 1 is 1.04 bits per heavy atom. The van der Waals surface area contributed by atoms with E-state index in [4.69, 9.17) is 14.2 Å². The van der Waals surface area contributed by atoms with Gasteiger partial charge in [0, 0.05) is 13.5 Å². The maximum atomic E-state index is 12.4. The summed E-state index contributed by atoms with van der Waals surface area (Å²) >= 11 is 0. The fourth-order valence-electron chi connectivity index (χ4n) is 2.99. The minimum Gasteiger partial charge on any atom is -0.497 e. The van der Waals surface area contributed by atoms with Crippen molar-refractivity contribution in [2.24, 2.45) is 0 Å². The van der Waals surface area contributed by atoms with E-state index < -0.39 is 6.10 Å². The predicted octanol–water partition coefficient (Wildman–Crippen LogP) is 3.23. The van der Waals surface area contributed by atoms with Crippen LogP contribution in [0.2, 0.25) is 0 Å². The first-order valence-corrected chi connectivity index (χ1v) is 9.25. The molecule has 0 spiro atoms. The zero-order chi connectivity index (χ0) is 20.5. The number of nitrogens with zero attached hydrogens (tertiary/aromatic N) is 1. The Hall–Kier alpha value is -2.73. The molecule has 0 heterocycles. The van der Waals surface area contributed by atoms with E-state index in [1.54, 1.807) is 39.3 Å². The summed E-state index contributed by atoms with van der Waals surface area (Å²) in [5, 5.41) is 10.4. The molecule has 1 atom stereocenters. The first-order chi connectivity index (χ1) is 13.5. The second-order valence-electron chi connectivity index (χ2n) is 6.61. The maximum absolute atomic E-state index is 12.4. The Balaban J connectivity index is 1.83. The average Bonchev–Trinajstić information content (AvgIpc) is 2.73. The number of rotatable bonds is 10. The number of hydrogen-bond acceptors (Lipinski definition) is 5. The van der Waals surface area contributed by atoms with Gasteiger partial charge in [-0.3, -0.25) is 4.79 Å². The van der Waals surface area contributed by atoms with Gasteiger partial charge in [-0.05, 0) is 48.2 Å². The first kappa shape index (κ1) is 21.6. The minimum atomic E-state index is -0.755. The van der Waals surface area contributed by atoms with Gasteiger partial charge in [0.25, 0.3) is 0 Å². The Labute approximate surface area is 166 Å². The van der Waals surface area contributed by atoms with Crippen molar-refractivity contribution in [1.29, 1.82) is 0 Å². The summed E-state index contributed by atoms with van der Waals surface area (Å²) in [6.45, 7) is 0.238. The van der Waals surface area contributed by atoms with E-state index in [0.29, 0.717) is 30.1 Å². The molecule has 1 unspecified atom stereocenters. The second kappa shape index (κ2) is 10.6. The molecule has 6 heteroatoms. The van der Waals surface area contributed by atoms with Crippen molar-refractivity contribution >= 4 is 5.91 Å². The smallest absolute Gasteiger partial charge is 0.222 e. The molecule has 28 heavy (non-hydrogen) atoms. The normalized spacial score (nSPS) is 11.6. The lowest BCUT2D eigenvalue weighted by Crippen LogP contribution is -2.31. The monoisotopic (exact) mass is 387 g/mol. The summed E-state index contributed by atoms with van der Waals surface area (Å²) in [6.07, 6.45) is 1.14. The third kappa shape index (κ3) is 5.89. The standard InChI is InChI=1S/C22H29NO5/c1-23(15-19(24)17-8-6-9-18(14-17)26-2)22(25)10-5-7-16-11-12-20(27-3)21(13-16)28-4/h6,8-9,11-14,19,24H,5,7,10,15H2,1-4H3. The summed E-state index contributed by atoms with van der Waals surface area (Å²) in [5.41, 5.74) is 1.81. The third-order valence-corrected chi connectivity index (χ3v) is 4.66. The van der Waals surface area contributed by atoms with Crippen LogP contribution in [0.25, 0.3) is 0 Å². The van der Waals surface area contributed by atoms with E-state index in [-0.39, 0.29) is 12.5 Å². The number of aliphatic hydroxyl groups excluding tert-OH is 1. The number of aryl methyl sites for hydroxylation is 1. The van der Waals surface area contributed by atoms with Crippen LogP contribution in [0, 0.1) is 0 Å². The maximum Gasteiger partial charge on any atom is 0.222 e. The number of carbonyl (C=O) groups excluding carboxylic acids is 1. The van der Waals surface area contributed by atoms with Gasteiger partial charge in [0.05, 0.1) is 34.0 Å². The van der Waals surface area contributed by atoms with E-state index in [0.717, 1.165) is 17.5 Å². The number of benzene rings is 2. The molecule has 1 amide bonds. The van der Waals surface area contributed by atoms with Crippen molar-refractivity contribution in [1.82, 2.24) is 4.90 Å². The molecule has 2 rings (SSSR count). The summed E-state index contributed by atoms with van der Waals surface area (Å²) in [4.78, 5) is 14.0. The van der Waals surface area contributed by atoms with Crippen LogP contribution in [0.4, 0.5) is 0 Å². The van der Waals surface area contributed by atoms with E-state index in [1.807, 2.05) is 36.4 Å². The molecule has 0 aliphatic carbocycles. The van der Waals surface area contributed by atoms with Gasteiger partial charge in [0.2, 0.25) is 5.91 Å². The van der Waals surface area contributed by atoms with Crippen LogP contribution in [-0.4, -0.2) is 50.8 Å². The number of hydrogen-bond donors (Lipinski definition) is 1. The molecule has 152 valence electrons. The lowest BCUT2D eigenvalue weighted by Gasteiger charge is -2.21. The van der Waals surface area contributed by atoms with Crippen LogP contribution >= 0.6 is 0 Å². The molecule has 0 radical (unpaired) electrons. The van der Waals surface area contributed by atoms with Crippen molar-refractivity contribution in [3.8, 4) is 17.2 Å². The van der Waals surface area contributed by atoms with Crippen molar-refractivity contribution in [2.75, 3.05) is 34.9 Å². The minimum absolute atomic E-state index is 0.00224. The molecule has 0 aromatic heterocycles. The number of likely N-dealkylation sites (N-methyl/N-ethyl adjacent to an activating group) is 1. The van der Waals surface area contributed by atoms with Gasteiger partial charge in [-0.25, -0.2) is 0 Å². The predicted molar refractivity (Wildman–Crippen MR) is 108 cm³/mol. The Morgan fingerprint density at radius 3 is 2.46 bits per heavy atom. The highest BCUT2D eigenvalue weighted by atomic mass is 16.5. The van der Waals surface area contributed by atoms with E-state index in [9.17, 15) is 9.90 Å². The van der Waals surface area contributed by atoms with E-state index >= 15 is 0 Å². The van der Waals surface area contributed by atoms with Gasteiger partial charge in [0.1, 0.15) is 5.75 Å². The average molecular weight is 387 g/mol. The topological polar surface area (TPSA) is 68.2 Å². The fourth-order valence-corrected chi connectivity index (χ4v) is 2.99. The highest BCUT2D eigenvalue weighted by Gasteiger charge is 2.16. The molecule has 1 N–H and O–H groups in total.